The smallest absolute Gasteiger partial charge is 0.338 e. The molecule has 0 radical (unpaired) electrons. The summed E-state index contributed by atoms with van der Waals surface area (Å²) in [5.74, 6) is 0.145. The molecule has 19 heteroatoms. The van der Waals surface area contributed by atoms with Gasteiger partial charge in [0, 0.05) is 6.92 Å². The number of carbonyl (C=O) groups excluding carboxylic acids is 2. The maximum atomic E-state index is 14.1. The van der Waals surface area contributed by atoms with E-state index in [9.17, 15) is 9.59 Å². The molecule has 0 amide bonds. The number of hydrogen-bond donors (Lipinski definition) is 1. The van der Waals surface area contributed by atoms with Crippen LogP contribution in [0.4, 0.5) is 0 Å². The third-order valence-electron chi connectivity index (χ3n) is 10.3. The van der Waals surface area contributed by atoms with Crippen LogP contribution < -0.4 is 18.9 Å². The van der Waals surface area contributed by atoms with E-state index < -0.39 is 70.8 Å². The van der Waals surface area contributed by atoms with Crippen LogP contribution >= 0.6 is 34.8 Å². The van der Waals surface area contributed by atoms with Crippen LogP contribution in [0.2, 0.25) is 0 Å². The molecule has 4 aromatic carbocycles. The molecule has 6 rings (SSSR count). The van der Waals surface area contributed by atoms with Gasteiger partial charge in [-0.15, -0.1) is 0 Å². The maximum Gasteiger partial charge on any atom is 0.338 e. The van der Waals surface area contributed by atoms with Gasteiger partial charge in [0.1, 0.15) is 47.4 Å². The van der Waals surface area contributed by atoms with E-state index in [1.165, 1.54) is 14.0 Å². The summed E-state index contributed by atoms with van der Waals surface area (Å²) in [5, 5.41) is 8.32. The number of carbonyl (C=O) groups is 2. The highest BCUT2D eigenvalue weighted by Crippen LogP contribution is 2.35. The molecule has 2 aliphatic rings. The first-order chi connectivity index (χ1) is 31.3. The van der Waals surface area contributed by atoms with Gasteiger partial charge in [-0.05, 0) is 77.4 Å². The Kier molecular flexibility index (Phi) is 17.9. The van der Waals surface area contributed by atoms with Gasteiger partial charge in [-0.1, -0.05) is 71.2 Å². The molecule has 1 unspecified atom stereocenters. The molecule has 0 saturated carbocycles. The minimum Gasteiger partial charge on any atom is -0.497 e. The van der Waals surface area contributed by atoms with Crippen molar-refractivity contribution in [3.8, 4) is 23.0 Å². The summed E-state index contributed by atoms with van der Waals surface area (Å²) >= 11 is 18.0. The Balaban J connectivity index is 1.37. The monoisotopic (exact) mass is 961 g/mol. The number of halogens is 3. The van der Waals surface area contributed by atoms with Crippen LogP contribution in [0.5, 0.6) is 23.0 Å². The number of alkyl halides is 3. The molecule has 0 aliphatic carbocycles. The van der Waals surface area contributed by atoms with Crippen molar-refractivity contribution in [3.63, 3.8) is 0 Å². The Morgan fingerprint density at radius 1 is 0.554 bits per heavy atom. The lowest BCUT2D eigenvalue weighted by atomic mass is 10.0. The second-order valence-corrected chi connectivity index (χ2v) is 16.9. The fourth-order valence-corrected chi connectivity index (χ4v) is 6.95. The van der Waals surface area contributed by atoms with Crippen LogP contribution in [0.15, 0.2) is 97.1 Å². The maximum absolute atomic E-state index is 14.1. The van der Waals surface area contributed by atoms with Crippen LogP contribution in [-0.4, -0.2) is 112 Å². The second kappa shape index (κ2) is 23.5. The van der Waals surface area contributed by atoms with E-state index in [0.717, 1.165) is 16.7 Å². The van der Waals surface area contributed by atoms with Crippen molar-refractivity contribution in [2.45, 2.75) is 79.7 Å². The topological polar surface area (TPSA) is 178 Å². The van der Waals surface area contributed by atoms with E-state index in [1.54, 1.807) is 69.9 Å². The van der Waals surface area contributed by atoms with Crippen LogP contribution in [0, 0.1) is 5.41 Å². The standard InChI is InChI=1S/C46H50Cl3NO15/c1-27(51)62-41-39(37(26-61-44(41)65-45(50)46(47,48)49)58-23-29-8-16-33(54-3)17-9-29)64-43-40(63-42(52)31-12-20-35(56-5)21-13-31)38(59-24-30-10-18-34(55-4)19-11-30)36(25-60-43)57-22-28-6-14-32(53-2)15-7-28/h6-21,36-41,43-44,50H,22-26H2,1-5H3/t36-,37+,38+,39+,40-,41-,43+,44?/m1/s1. The minimum atomic E-state index is -2.30. The van der Waals surface area contributed by atoms with Gasteiger partial charge in [0.2, 0.25) is 12.2 Å². The summed E-state index contributed by atoms with van der Waals surface area (Å²) in [7, 11) is 6.21. The average Bonchev–Trinajstić information content (AvgIpc) is 3.31. The van der Waals surface area contributed by atoms with Crippen molar-refractivity contribution in [3.05, 3.63) is 119 Å². The van der Waals surface area contributed by atoms with Crippen molar-refractivity contribution in [2.24, 2.45) is 0 Å². The summed E-state index contributed by atoms with van der Waals surface area (Å²) in [5.41, 5.74) is 2.53. The lowest BCUT2D eigenvalue weighted by molar-refractivity contribution is -0.338. The first-order valence-corrected chi connectivity index (χ1v) is 21.4. The van der Waals surface area contributed by atoms with E-state index in [2.05, 4.69) is 0 Å². The SMILES string of the molecule is COc1ccc(CO[C@@H]2[C@@H](OC(=O)c3ccc(OC)cc3)[C@H](O[C@H]3[C@@H](OCc4ccc(OC)cc4)COC(OC(=N)C(Cl)(Cl)Cl)[C@@H]3OC(C)=O)OC[C@H]2OCc2ccc(OC)cc2)cc1. The molecular weight excluding hydrogens is 913 g/mol. The van der Waals surface area contributed by atoms with Crippen LogP contribution in [-0.2, 0) is 67.2 Å². The quantitative estimate of drug-likeness (QED) is 0.0425. The molecule has 2 saturated heterocycles. The predicted octanol–water partition coefficient (Wildman–Crippen LogP) is 7.40. The Morgan fingerprint density at radius 2 is 0.954 bits per heavy atom. The normalized spacial score (nSPS) is 23.1. The number of hydrogen-bond acceptors (Lipinski definition) is 16. The Hall–Kier alpha value is -4.88. The van der Waals surface area contributed by atoms with Gasteiger partial charge < -0.3 is 61.6 Å². The average molecular weight is 963 g/mol. The number of nitrogens with one attached hydrogen (secondary N) is 1. The number of methoxy groups -OCH3 is 4. The van der Waals surface area contributed by atoms with Crippen LogP contribution in [0.3, 0.4) is 0 Å². The molecular formula is C46H50Cl3NO15. The molecule has 2 heterocycles. The molecule has 16 nitrogen and oxygen atoms in total. The number of esters is 2. The Labute approximate surface area is 391 Å². The van der Waals surface area contributed by atoms with Gasteiger partial charge in [0.05, 0.1) is 67.0 Å². The van der Waals surface area contributed by atoms with Crippen molar-refractivity contribution in [2.75, 3.05) is 41.7 Å². The summed E-state index contributed by atoms with van der Waals surface area (Å²) in [6, 6.07) is 28.1. The Morgan fingerprint density at radius 3 is 1.38 bits per heavy atom. The fraction of sp³-hybridized carbons (Fsp3) is 0.413. The zero-order chi connectivity index (χ0) is 46.5. The van der Waals surface area contributed by atoms with Crippen molar-refractivity contribution in [1.29, 1.82) is 5.41 Å². The third kappa shape index (κ3) is 13.8. The zero-order valence-electron chi connectivity index (χ0n) is 36.1. The number of ether oxygens (including phenoxy) is 13. The highest BCUT2D eigenvalue weighted by Gasteiger charge is 2.52. The fourth-order valence-electron chi connectivity index (χ4n) is 6.82. The van der Waals surface area contributed by atoms with Crippen molar-refractivity contribution in [1.82, 2.24) is 0 Å². The van der Waals surface area contributed by atoms with Gasteiger partial charge in [0.25, 0.3) is 3.79 Å². The highest BCUT2D eigenvalue weighted by atomic mass is 35.6. The zero-order valence-corrected chi connectivity index (χ0v) is 38.4. The van der Waals surface area contributed by atoms with E-state index in [4.69, 9.17) is 102 Å². The molecule has 350 valence electrons. The molecule has 0 bridgehead atoms. The van der Waals surface area contributed by atoms with E-state index >= 15 is 0 Å². The lowest BCUT2D eigenvalue weighted by Gasteiger charge is -2.46. The lowest BCUT2D eigenvalue weighted by Crippen LogP contribution is -2.63. The van der Waals surface area contributed by atoms with Crippen molar-refractivity contribution < 1.29 is 71.2 Å². The first kappa shape index (κ1) is 49.6. The van der Waals surface area contributed by atoms with Gasteiger partial charge in [-0.25, -0.2) is 4.79 Å². The summed E-state index contributed by atoms with van der Waals surface area (Å²) in [6.45, 7) is 1.01. The van der Waals surface area contributed by atoms with Crippen LogP contribution in [0.25, 0.3) is 0 Å². The largest absolute Gasteiger partial charge is 0.497 e. The van der Waals surface area contributed by atoms with Gasteiger partial charge in [-0.3, -0.25) is 10.2 Å². The van der Waals surface area contributed by atoms with E-state index in [-0.39, 0.29) is 38.6 Å². The summed E-state index contributed by atoms with van der Waals surface area (Å²) in [4.78, 5) is 26.9. The molecule has 2 aliphatic heterocycles. The second-order valence-electron chi connectivity index (χ2n) is 14.6. The van der Waals surface area contributed by atoms with Gasteiger partial charge in [0.15, 0.2) is 18.5 Å². The molecule has 4 aromatic rings. The van der Waals surface area contributed by atoms with Crippen LogP contribution in [0.1, 0.15) is 34.0 Å². The molecule has 0 aromatic heterocycles. The molecule has 2 fully saturated rings. The first-order valence-electron chi connectivity index (χ1n) is 20.3. The van der Waals surface area contributed by atoms with Gasteiger partial charge >= 0.3 is 11.9 Å². The van der Waals surface area contributed by atoms with Gasteiger partial charge in [-0.2, -0.15) is 0 Å². The van der Waals surface area contributed by atoms with E-state index in [1.807, 2.05) is 48.5 Å². The highest BCUT2D eigenvalue weighted by molar-refractivity contribution is 6.76. The molecule has 1 N–H and O–H groups in total. The number of benzene rings is 4. The molecule has 0 spiro atoms. The van der Waals surface area contributed by atoms with Crippen molar-refractivity contribution >= 4 is 52.6 Å². The van der Waals surface area contributed by atoms with E-state index in [0.29, 0.717) is 23.0 Å². The summed E-state index contributed by atoms with van der Waals surface area (Å²) < 4.78 is 75.4. The summed E-state index contributed by atoms with van der Waals surface area (Å²) in [6.07, 6.45) is -10.0. The predicted molar refractivity (Wildman–Crippen MR) is 236 cm³/mol. The molecule has 8 atom stereocenters. The third-order valence-corrected chi connectivity index (χ3v) is 10.8. The molecule has 65 heavy (non-hydrogen) atoms. The number of rotatable bonds is 19. The Bertz CT molecular complexity index is 2140. The minimum absolute atomic E-state index is 0.0381.